The fourth-order valence-electron chi connectivity index (χ4n) is 3.48. The van der Waals surface area contributed by atoms with Crippen LogP contribution in [-0.2, 0) is 9.59 Å². The number of hydrogen-bond donors (Lipinski definition) is 2. The van der Waals surface area contributed by atoms with E-state index in [1.807, 2.05) is 6.92 Å². The van der Waals surface area contributed by atoms with Crippen LogP contribution in [-0.4, -0.2) is 22.5 Å². The average Bonchev–Trinajstić information content (AvgIpc) is 2.67. The summed E-state index contributed by atoms with van der Waals surface area (Å²) in [6, 6.07) is 0. The number of aliphatic carboxylic acids is 1. The first-order valence-electron chi connectivity index (χ1n) is 7.55. The second-order valence-corrected chi connectivity index (χ2v) is 6.52. The van der Waals surface area contributed by atoms with Crippen molar-refractivity contribution in [2.24, 2.45) is 5.41 Å². The van der Waals surface area contributed by atoms with Gasteiger partial charge in [-0.05, 0) is 25.7 Å². The third-order valence-electron chi connectivity index (χ3n) is 4.97. The molecule has 2 fully saturated rings. The first-order chi connectivity index (χ1) is 8.99. The van der Waals surface area contributed by atoms with E-state index in [4.69, 9.17) is 0 Å². The zero-order valence-electron chi connectivity index (χ0n) is 11.8. The Labute approximate surface area is 115 Å². The third kappa shape index (κ3) is 2.93. The predicted molar refractivity (Wildman–Crippen MR) is 72.8 cm³/mol. The minimum absolute atomic E-state index is 0.0469. The van der Waals surface area contributed by atoms with Crippen LogP contribution < -0.4 is 5.32 Å². The Bertz CT molecular complexity index is 350. The molecule has 0 unspecified atom stereocenters. The average molecular weight is 267 g/mol. The molecular weight excluding hydrogens is 242 g/mol. The van der Waals surface area contributed by atoms with Gasteiger partial charge in [0, 0.05) is 5.41 Å². The van der Waals surface area contributed by atoms with Crippen LogP contribution in [0.4, 0.5) is 0 Å². The maximum absolute atomic E-state index is 12.5. The highest BCUT2D eigenvalue weighted by Gasteiger charge is 2.45. The van der Waals surface area contributed by atoms with Gasteiger partial charge >= 0.3 is 5.97 Å². The summed E-state index contributed by atoms with van der Waals surface area (Å²) in [7, 11) is 0. The molecule has 1 amide bonds. The smallest absolute Gasteiger partial charge is 0.329 e. The molecule has 0 aromatic rings. The molecule has 4 nitrogen and oxygen atoms in total. The molecule has 2 rings (SSSR count). The number of nitrogens with one attached hydrogen (secondary N) is 1. The maximum atomic E-state index is 12.5. The number of hydrogen-bond acceptors (Lipinski definition) is 2. The van der Waals surface area contributed by atoms with E-state index in [1.54, 1.807) is 0 Å². The Morgan fingerprint density at radius 3 is 1.84 bits per heavy atom. The third-order valence-corrected chi connectivity index (χ3v) is 4.97. The van der Waals surface area contributed by atoms with Crippen LogP contribution in [0.5, 0.6) is 0 Å². The highest BCUT2D eigenvalue weighted by Crippen LogP contribution is 2.39. The van der Waals surface area contributed by atoms with Crippen molar-refractivity contribution in [2.75, 3.05) is 0 Å². The number of rotatable bonds is 3. The van der Waals surface area contributed by atoms with Gasteiger partial charge in [0.25, 0.3) is 0 Å². The summed E-state index contributed by atoms with van der Waals surface area (Å²) >= 11 is 0. The van der Waals surface area contributed by atoms with Gasteiger partial charge in [-0.2, -0.15) is 0 Å². The lowest BCUT2D eigenvalue weighted by Crippen LogP contribution is -2.57. The first kappa shape index (κ1) is 14.4. The van der Waals surface area contributed by atoms with E-state index >= 15 is 0 Å². The van der Waals surface area contributed by atoms with Crippen molar-refractivity contribution in [3.63, 3.8) is 0 Å². The van der Waals surface area contributed by atoms with Crippen LogP contribution in [0.2, 0.25) is 0 Å². The summed E-state index contributed by atoms with van der Waals surface area (Å²) in [6.07, 6.45) is 8.99. The first-order valence-corrected chi connectivity index (χ1v) is 7.55. The zero-order chi connectivity index (χ0) is 13.9. The van der Waals surface area contributed by atoms with Crippen LogP contribution in [0.3, 0.4) is 0 Å². The van der Waals surface area contributed by atoms with Gasteiger partial charge in [-0.15, -0.1) is 0 Å². The second kappa shape index (κ2) is 5.51. The van der Waals surface area contributed by atoms with Crippen molar-refractivity contribution in [3.8, 4) is 0 Å². The Kier molecular flexibility index (Phi) is 4.16. The van der Waals surface area contributed by atoms with Crippen molar-refractivity contribution in [3.05, 3.63) is 0 Å². The van der Waals surface area contributed by atoms with Gasteiger partial charge in [0.15, 0.2) is 0 Å². The van der Waals surface area contributed by atoms with Crippen LogP contribution in [0, 0.1) is 5.41 Å². The van der Waals surface area contributed by atoms with Gasteiger partial charge in [0.05, 0.1) is 0 Å². The predicted octanol–water partition coefficient (Wildman–Crippen LogP) is 2.86. The van der Waals surface area contributed by atoms with E-state index in [-0.39, 0.29) is 11.3 Å². The van der Waals surface area contributed by atoms with E-state index in [9.17, 15) is 14.7 Å². The van der Waals surface area contributed by atoms with E-state index in [0.29, 0.717) is 12.8 Å². The molecule has 2 aliphatic rings. The Hall–Kier alpha value is -1.06. The monoisotopic (exact) mass is 267 g/mol. The van der Waals surface area contributed by atoms with Gasteiger partial charge in [-0.3, -0.25) is 4.79 Å². The Morgan fingerprint density at radius 1 is 0.895 bits per heavy atom. The molecule has 2 aliphatic carbocycles. The summed E-state index contributed by atoms with van der Waals surface area (Å²) in [5.74, 6) is -0.904. The van der Waals surface area contributed by atoms with Crippen LogP contribution in [0.1, 0.15) is 71.1 Å². The fourth-order valence-corrected chi connectivity index (χ4v) is 3.48. The number of carboxylic acids is 1. The standard InChI is InChI=1S/C15H25NO3/c1-14(8-6-7-9-14)12(17)16-15(13(18)19)10-4-2-3-5-11-15/h2-11H2,1H3,(H,16,17)(H,18,19). The lowest BCUT2D eigenvalue weighted by Gasteiger charge is -2.33. The number of carbonyl (C=O) groups is 2. The Morgan fingerprint density at radius 2 is 1.37 bits per heavy atom. The van der Waals surface area contributed by atoms with Crippen LogP contribution in [0.15, 0.2) is 0 Å². The van der Waals surface area contributed by atoms with Gasteiger partial charge in [-0.25, -0.2) is 4.79 Å². The topological polar surface area (TPSA) is 66.4 Å². The minimum atomic E-state index is -1.01. The summed E-state index contributed by atoms with van der Waals surface area (Å²) in [4.78, 5) is 24.2. The van der Waals surface area contributed by atoms with Gasteiger partial charge in [-0.1, -0.05) is 45.4 Å². The molecule has 0 spiro atoms. The summed E-state index contributed by atoms with van der Waals surface area (Å²) in [6.45, 7) is 1.97. The molecule has 0 aromatic carbocycles. The molecule has 2 saturated carbocycles. The van der Waals surface area contributed by atoms with Gasteiger partial charge in [0.2, 0.25) is 5.91 Å². The highest BCUT2D eigenvalue weighted by atomic mass is 16.4. The van der Waals surface area contributed by atoms with Crippen LogP contribution in [0.25, 0.3) is 0 Å². The SMILES string of the molecule is CC1(C(=O)NC2(C(=O)O)CCCCCC2)CCCC1. The molecule has 0 bridgehead atoms. The lowest BCUT2D eigenvalue weighted by molar-refractivity contribution is -0.150. The number of carboxylic acid groups (broad SMARTS) is 1. The van der Waals surface area contributed by atoms with Gasteiger partial charge < -0.3 is 10.4 Å². The molecule has 0 atom stereocenters. The normalized spacial score (nSPS) is 25.5. The molecular formula is C15H25NO3. The summed E-state index contributed by atoms with van der Waals surface area (Å²) in [5.41, 5.74) is -1.37. The molecule has 0 aromatic heterocycles. The number of amides is 1. The highest BCUT2D eigenvalue weighted by molar-refractivity contribution is 5.90. The number of carbonyl (C=O) groups excluding carboxylic acids is 1. The zero-order valence-corrected chi connectivity index (χ0v) is 11.8. The summed E-state index contributed by atoms with van der Waals surface area (Å²) < 4.78 is 0. The molecule has 0 aliphatic heterocycles. The van der Waals surface area contributed by atoms with E-state index in [1.165, 1.54) is 0 Å². The van der Waals surface area contributed by atoms with E-state index < -0.39 is 11.5 Å². The lowest BCUT2D eigenvalue weighted by atomic mass is 9.84. The summed E-state index contributed by atoms with van der Waals surface area (Å²) in [5, 5.41) is 12.5. The van der Waals surface area contributed by atoms with Crippen molar-refractivity contribution in [2.45, 2.75) is 76.7 Å². The van der Waals surface area contributed by atoms with E-state index in [2.05, 4.69) is 5.32 Å². The fraction of sp³-hybridized carbons (Fsp3) is 0.867. The molecule has 0 radical (unpaired) electrons. The van der Waals surface area contributed by atoms with Crippen molar-refractivity contribution in [1.29, 1.82) is 0 Å². The van der Waals surface area contributed by atoms with Crippen molar-refractivity contribution >= 4 is 11.9 Å². The Balaban J connectivity index is 2.11. The molecule has 4 heteroatoms. The molecule has 0 heterocycles. The van der Waals surface area contributed by atoms with Crippen molar-refractivity contribution < 1.29 is 14.7 Å². The molecule has 2 N–H and O–H groups in total. The molecule has 0 saturated heterocycles. The molecule has 108 valence electrons. The van der Waals surface area contributed by atoms with E-state index in [0.717, 1.165) is 51.4 Å². The second-order valence-electron chi connectivity index (χ2n) is 6.52. The minimum Gasteiger partial charge on any atom is -0.480 e. The largest absolute Gasteiger partial charge is 0.480 e. The molecule has 19 heavy (non-hydrogen) atoms. The quantitative estimate of drug-likeness (QED) is 0.773. The van der Waals surface area contributed by atoms with Gasteiger partial charge in [0.1, 0.15) is 5.54 Å². The van der Waals surface area contributed by atoms with Crippen molar-refractivity contribution in [1.82, 2.24) is 5.32 Å². The maximum Gasteiger partial charge on any atom is 0.329 e. The van der Waals surface area contributed by atoms with Crippen LogP contribution >= 0.6 is 0 Å².